The molecule has 0 radical (unpaired) electrons. The van der Waals surface area contributed by atoms with Crippen molar-refractivity contribution in [3.63, 3.8) is 0 Å². The largest absolute Gasteiger partial charge is 0.307 e. The molecule has 0 amide bonds. The van der Waals surface area contributed by atoms with E-state index in [9.17, 15) is 0 Å². The Hall–Kier alpha value is -0.0800. The van der Waals surface area contributed by atoms with Gasteiger partial charge in [-0.15, -0.1) is 0 Å². The Kier molecular flexibility index (Phi) is 9.89. The minimum atomic E-state index is 0.253. The molecule has 22 heavy (non-hydrogen) atoms. The number of hydrogen-bond donors (Lipinski definition) is 1. The summed E-state index contributed by atoms with van der Waals surface area (Å²) < 4.78 is 0. The first-order chi connectivity index (χ1) is 10.2. The molecule has 1 aliphatic heterocycles. The van der Waals surface area contributed by atoms with E-state index in [2.05, 4.69) is 58.7 Å². The molecule has 1 rings (SSSR count). The molecule has 2 heteroatoms. The normalized spacial score (nSPS) is 20.9. The Morgan fingerprint density at radius 3 is 1.86 bits per heavy atom. The highest BCUT2D eigenvalue weighted by Gasteiger charge is 2.40. The van der Waals surface area contributed by atoms with E-state index in [1.165, 1.54) is 45.1 Å². The number of piperidine rings is 1. The molecule has 2 nitrogen and oxygen atoms in total. The van der Waals surface area contributed by atoms with E-state index in [0.717, 1.165) is 6.04 Å². The lowest BCUT2D eigenvalue weighted by molar-refractivity contribution is 0.0466. The van der Waals surface area contributed by atoms with Gasteiger partial charge in [-0.05, 0) is 67.3 Å². The van der Waals surface area contributed by atoms with Gasteiger partial charge in [-0.2, -0.15) is 0 Å². The molecule has 0 aromatic carbocycles. The fourth-order valence-corrected chi connectivity index (χ4v) is 4.09. The van der Waals surface area contributed by atoms with E-state index in [0.29, 0.717) is 6.04 Å². The van der Waals surface area contributed by atoms with E-state index in [-0.39, 0.29) is 11.1 Å². The summed E-state index contributed by atoms with van der Waals surface area (Å²) in [5.74, 6) is 0. The smallest absolute Gasteiger partial charge is 0.0145 e. The SMILES string of the molecule is CC.CCCCCCN(C(C)C)C1CC(C)(C)NC(C)(C)C1. The van der Waals surface area contributed by atoms with Crippen molar-refractivity contribution in [2.45, 2.75) is 124 Å². The molecule has 0 atom stereocenters. The van der Waals surface area contributed by atoms with E-state index in [1.807, 2.05) is 13.8 Å². The van der Waals surface area contributed by atoms with Gasteiger partial charge >= 0.3 is 0 Å². The molecule has 0 aromatic heterocycles. The van der Waals surface area contributed by atoms with Gasteiger partial charge in [-0.3, -0.25) is 4.90 Å². The van der Waals surface area contributed by atoms with Crippen molar-refractivity contribution in [3.8, 4) is 0 Å². The van der Waals surface area contributed by atoms with Gasteiger partial charge in [0.15, 0.2) is 0 Å². The third kappa shape index (κ3) is 7.97. The van der Waals surface area contributed by atoms with E-state index < -0.39 is 0 Å². The third-order valence-corrected chi connectivity index (χ3v) is 4.57. The maximum atomic E-state index is 3.81. The van der Waals surface area contributed by atoms with Crippen molar-refractivity contribution in [2.75, 3.05) is 6.54 Å². The third-order valence-electron chi connectivity index (χ3n) is 4.57. The summed E-state index contributed by atoms with van der Waals surface area (Å²) in [5.41, 5.74) is 0.506. The molecular formula is C20H44N2. The van der Waals surface area contributed by atoms with Gasteiger partial charge in [0, 0.05) is 23.2 Å². The van der Waals surface area contributed by atoms with Crippen molar-refractivity contribution in [2.24, 2.45) is 0 Å². The molecule has 0 aromatic rings. The average Bonchev–Trinajstić information content (AvgIpc) is 2.36. The quantitative estimate of drug-likeness (QED) is 0.614. The standard InChI is InChI=1S/C18H38N2.C2H6/c1-8-9-10-11-12-20(15(2)3)16-13-17(4,5)19-18(6,7)14-16;1-2/h15-16,19H,8-14H2,1-7H3;1-2H3. The molecule has 1 saturated heterocycles. The molecule has 1 fully saturated rings. The second-order valence-corrected chi connectivity index (χ2v) is 8.35. The van der Waals surface area contributed by atoms with Crippen LogP contribution in [0.15, 0.2) is 0 Å². The first-order valence-corrected chi connectivity index (χ1v) is 9.72. The monoisotopic (exact) mass is 312 g/mol. The molecule has 134 valence electrons. The molecule has 0 saturated carbocycles. The Morgan fingerprint density at radius 2 is 1.45 bits per heavy atom. The molecule has 1 N–H and O–H groups in total. The molecule has 1 aliphatic rings. The van der Waals surface area contributed by atoms with Gasteiger partial charge < -0.3 is 5.32 Å². The number of rotatable bonds is 7. The number of hydrogen-bond acceptors (Lipinski definition) is 2. The Balaban J connectivity index is 0.00000211. The molecule has 0 unspecified atom stereocenters. The van der Waals surface area contributed by atoms with Gasteiger partial charge in [0.2, 0.25) is 0 Å². The van der Waals surface area contributed by atoms with Gasteiger partial charge in [0.25, 0.3) is 0 Å². The summed E-state index contributed by atoms with van der Waals surface area (Å²) in [5, 5.41) is 3.81. The maximum Gasteiger partial charge on any atom is 0.0145 e. The summed E-state index contributed by atoms with van der Waals surface area (Å²) in [6.07, 6.45) is 7.99. The van der Waals surface area contributed by atoms with Crippen molar-refractivity contribution in [1.82, 2.24) is 10.2 Å². The number of nitrogens with zero attached hydrogens (tertiary/aromatic N) is 1. The van der Waals surface area contributed by atoms with E-state index in [4.69, 9.17) is 0 Å². The van der Waals surface area contributed by atoms with Crippen LogP contribution in [0, 0.1) is 0 Å². The van der Waals surface area contributed by atoms with E-state index in [1.54, 1.807) is 0 Å². The summed E-state index contributed by atoms with van der Waals surface area (Å²) >= 11 is 0. The van der Waals surface area contributed by atoms with E-state index >= 15 is 0 Å². The summed E-state index contributed by atoms with van der Waals surface area (Å²) in [7, 11) is 0. The Morgan fingerprint density at radius 1 is 0.955 bits per heavy atom. The molecule has 0 aliphatic carbocycles. The Labute approximate surface area is 141 Å². The second kappa shape index (κ2) is 9.93. The average molecular weight is 313 g/mol. The fourth-order valence-electron chi connectivity index (χ4n) is 4.09. The van der Waals surface area contributed by atoms with Crippen molar-refractivity contribution in [3.05, 3.63) is 0 Å². The lowest BCUT2D eigenvalue weighted by atomic mass is 9.78. The summed E-state index contributed by atoms with van der Waals surface area (Å²) in [6.45, 7) is 21.7. The van der Waals surface area contributed by atoms with Crippen LogP contribution in [-0.2, 0) is 0 Å². The van der Waals surface area contributed by atoms with Gasteiger partial charge in [-0.25, -0.2) is 0 Å². The summed E-state index contributed by atoms with van der Waals surface area (Å²) in [4.78, 5) is 2.76. The minimum Gasteiger partial charge on any atom is -0.307 e. The van der Waals surface area contributed by atoms with Crippen LogP contribution in [-0.4, -0.2) is 34.6 Å². The van der Waals surface area contributed by atoms with Gasteiger partial charge in [0.05, 0.1) is 0 Å². The Bertz CT molecular complexity index is 265. The van der Waals surface area contributed by atoms with Crippen LogP contribution in [0.25, 0.3) is 0 Å². The highest BCUT2D eigenvalue weighted by Crippen LogP contribution is 2.32. The van der Waals surface area contributed by atoms with Crippen LogP contribution >= 0.6 is 0 Å². The highest BCUT2D eigenvalue weighted by molar-refractivity contribution is 5.00. The van der Waals surface area contributed by atoms with Crippen LogP contribution < -0.4 is 5.32 Å². The first-order valence-electron chi connectivity index (χ1n) is 9.72. The number of unbranched alkanes of at least 4 members (excludes halogenated alkanes) is 3. The van der Waals surface area contributed by atoms with Gasteiger partial charge in [-0.1, -0.05) is 40.0 Å². The highest BCUT2D eigenvalue weighted by atomic mass is 15.2. The van der Waals surface area contributed by atoms with Crippen molar-refractivity contribution < 1.29 is 0 Å². The maximum absolute atomic E-state index is 3.81. The second-order valence-electron chi connectivity index (χ2n) is 8.35. The van der Waals surface area contributed by atoms with Crippen LogP contribution in [0.3, 0.4) is 0 Å². The molecule has 1 heterocycles. The zero-order valence-corrected chi connectivity index (χ0v) is 17.1. The topological polar surface area (TPSA) is 15.3 Å². The lowest BCUT2D eigenvalue weighted by Gasteiger charge is -2.50. The van der Waals surface area contributed by atoms with Gasteiger partial charge in [0.1, 0.15) is 0 Å². The summed E-state index contributed by atoms with van der Waals surface area (Å²) in [6, 6.07) is 1.38. The minimum absolute atomic E-state index is 0.253. The zero-order valence-electron chi connectivity index (χ0n) is 17.1. The van der Waals surface area contributed by atoms with Crippen molar-refractivity contribution in [1.29, 1.82) is 0 Å². The zero-order chi connectivity index (χ0) is 17.4. The van der Waals surface area contributed by atoms with Crippen molar-refractivity contribution >= 4 is 0 Å². The predicted octanol–water partition coefficient (Wildman–Crippen LogP) is 5.61. The fraction of sp³-hybridized carbons (Fsp3) is 1.00. The molecule has 0 bridgehead atoms. The molecule has 0 spiro atoms. The lowest BCUT2D eigenvalue weighted by Crippen LogP contribution is -2.63. The molecular weight excluding hydrogens is 268 g/mol. The predicted molar refractivity (Wildman–Crippen MR) is 102 cm³/mol. The van der Waals surface area contributed by atoms with Crippen LogP contribution in [0.2, 0.25) is 0 Å². The van der Waals surface area contributed by atoms with Crippen LogP contribution in [0.5, 0.6) is 0 Å². The number of nitrogens with one attached hydrogen (secondary N) is 1. The first kappa shape index (κ1) is 21.9. The van der Waals surface area contributed by atoms with Crippen LogP contribution in [0.1, 0.15) is 101 Å². The van der Waals surface area contributed by atoms with Crippen LogP contribution in [0.4, 0.5) is 0 Å².